The van der Waals surface area contributed by atoms with Crippen LogP contribution < -0.4 is 10.1 Å². The molecule has 0 aromatic heterocycles. The second-order valence-corrected chi connectivity index (χ2v) is 21.7. The fourth-order valence-electron chi connectivity index (χ4n) is 14.3. The van der Waals surface area contributed by atoms with Gasteiger partial charge in [0.1, 0.15) is 0 Å². The van der Waals surface area contributed by atoms with Crippen molar-refractivity contribution in [3.63, 3.8) is 0 Å². The average Bonchev–Trinajstić information content (AvgIpc) is 3.69. The van der Waals surface area contributed by atoms with Gasteiger partial charge in [0, 0.05) is 31.7 Å². The molecule has 282 valence electrons. The molecule has 2 heterocycles. The van der Waals surface area contributed by atoms with Gasteiger partial charge in [-0.3, -0.25) is 4.79 Å². The molecule has 6 fully saturated rings. The number of hydrogen-bond acceptors (Lipinski definition) is 7. The first kappa shape index (κ1) is 36.2. The van der Waals surface area contributed by atoms with E-state index in [1.807, 2.05) is 6.07 Å². The molecule has 9 heteroatoms. The van der Waals surface area contributed by atoms with Gasteiger partial charge in [-0.2, -0.15) is 0 Å². The minimum Gasteiger partial charge on any atom is -0.426 e. The van der Waals surface area contributed by atoms with Crippen LogP contribution >= 0.6 is 0 Å². The lowest BCUT2D eigenvalue weighted by atomic mass is 9.33. The standard InChI is InChI=1S/C42H61FN2O5S/c1-37(2)29(28-7-9-33(49-27-46)32(43)25-28)11-14-38(3)34(37)13-15-40(5)35(38)10-8-30-36-31(41(6)26-50-41)12-16-42(36,18-17-39(30,40)4)44-19-20-45-21-23-51(47,48)24-22-45/h7,9,11,25,27,30-31,34-36,44H,8,10,12-24,26H2,1-6H3/t30-,31-,34+,35-,36+,38+,39-,40-,41?,42+/m1/s1. The van der Waals surface area contributed by atoms with Gasteiger partial charge in [0.05, 0.1) is 23.7 Å². The van der Waals surface area contributed by atoms with Crippen LogP contribution in [0.3, 0.4) is 0 Å². The second-order valence-electron chi connectivity index (χ2n) is 19.4. The van der Waals surface area contributed by atoms with Gasteiger partial charge in [-0.25, -0.2) is 12.8 Å². The Kier molecular flexibility index (Phi) is 8.58. The number of carbonyl (C=O) groups excluding carboxylic acids is 1. The first-order valence-electron chi connectivity index (χ1n) is 19.9. The highest BCUT2D eigenvalue weighted by molar-refractivity contribution is 7.91. The quantitative estimate of drug-likeness (QED) is 0.223. The second kappa shape index (κ2) is 12.1. The van der Waals surface area contributed by atoms with Gasteiger partial charge in [0.2, 0.25) is 0 Å². The van der Waals surface area contributed by atoms with E-state index in [0.717, 1.165) is 31.7 Å². The summed E-state index contributed by atoms with van der Waals surface area (Å²) in [5.74, 6) is 2.97. The molecule has 4 saturated carbocycles. The summed E-state index contributed by atoms with van der Waals surface area (Å²) in [4.78, 5) is 13.2. The number of nitrogens with one attached hydrogen (secondary N) is 1. The number of hydrogen-bond donors (Lipinski definition) is 1. The van der Waals surface area contributed by atoms with Gasteiger partial charge in [0.25, 0.3) is 6.47 Å². The molecule has 1 N–H and O–H groups in total. The van der Waals surface area contributed by atoms with Gasteiger partial charge >= 0.3 is 0 Å². The van der Waals surface area contributed by atoms with E-state index >= 15 is 0 Å². The van der Waals surface area contributed by atoms with Crippen LogP contribution in [0.2, 0.25) is 0 Å². The van der Waals surface area contributed by atoms with Crippen molar-refractivity contribution in [1.29, 1.82) is 0 Å². The van der Waals surface area contributed by atoms with Crippen molar-refractivity contribution in [1.82, 2.24) is 10.2 Å². The SMILES string of the molecule is CC1([C@@H]2CC[C@]3(NCCN4CCS(=O)(=O)CC4)CC[C@]4(C)[C@H](CC[C@@H]5[C@@]6(C)CC=C(c7ccc(OC=O)c(F)c7)C(C)(C)[C@@H]6CC[C@]54C)[C@@H]23)CO1. The number of sulfone groups is 1. The van der Waals surface area contributed by atoms with Crippen molar-refractivity contribution in [2.75, 3.05) is 44.3 Å². The number of allylic oxidation sites excluding steroid dienone is 2. The number of ether oxygens (including phenoxy) is 2. The first-order chi connectivity index (χ1) is 24.0. The predicted octanol–water partition coefficient (Wildman–Crippen LogP) is 7.30. The third-order valence-electron chi connectivity index (χ3n) is 17.2. The van der Waals surface area contributed by atoms with Gasteiger partial charge in [-0.15, -0.1) is 0 Å². The zero-order valence-electron chi connectivity index (χ0n) is 31.9. The summed E-state index contributed by atoms with van der Waals surface area (Å²) in [5.41, 5.74) is 2.74. The zero-order valence-corrected chi connectivity index (χ0v) is 32.7. The van der Waals surface area contributed by atoms with Gasteiger partial charge in [-0.1, -0.05) is 46.8 Å². The monoisotopic (exact) mass is 724 g/mol. The highest BCUT2D eigenvalue weighted by atomic mass is 32.2. The zero-order chi connectivity index (χ0) is 36.2. The average molecular weight is 725 g/mol. The van der Waals surface area contributed by atoms with E-state index in [1.165, 1.54) is 56.9 Å². The Hall–Kier alpha value is -1.81. The number of fused-ring (bicyclic) bond motifs is 7. The third kappa shape index (κ3) is 5.46. The molecule has 8 rings (SSSR count). The van der Waals surface area contributed by atoms with Crippen molar-refractivity contribution < 1.29 is 27.1 Å². The van der Waals surface area contributed by atoms with Gasteiger partial charge in [0.15, 0.2) is 21.4 Å². The topological polar surface area (TPSA) is 88.2 Å². The van der Waals surface area contributed by atoms with E-state index in [9.17, 15) is 17.6 Å². The number of epoxide rings is 1. The molecule has 5 aliphatic carbocycles. The van der Waals surface area contributed by atoms with Gasteiger partial charge < -0.3 is 19.7 Å². The van der Waals surface area contributed by atoms with E-state index in [0.29, 0.717) is 42.7 Å². The highest BCUT2D eigenvalue weighted by Crippen LogP contribution is 2.77. The Morgan fingerprint density at radius 2 is 1.69 bits per heavy atom. The smallest absolute Gasteiger partial charge is 0.298 e. The summed E-state index contributed by atoms with van der Waals surface area (Å²) in [6.07, 6.45) is 13.3. The Balaban J connectivity index is 1.06. The molecular formula is C42H61FN2O5S. The molecular weight excluding hydrogens is 664 g/mol. The van der Waals surface area contributed by atoms with Crippen molar-refractivity contribution in [2.45, 2.75) is 110 Å². The van der Waals surface area contributed by atoms with E-state index in [-0.39, 0.29) is 56.5 Å². The molecule has 1 aromatic carbocycles. The van der Waals surface area contributed by atoms with Crippen molar-refractivity contribution in [2.24, 2.45) is 51.2 Å². The number of nitrogens with zero attached hydrogens (tertiary/aromatic N) is 1. The number of carbonyl (C=O) groups is 1. The maximum Gasteiger partial charge on any atom is 0.298 e. The lowest BCUT2D eigenvalue weighted by Crippen LogP contribution is -2.68. The first-order valence-corrected chi connectivity index (χ1v) is 21.8. The summed E-state index contributed by atoms with van der Waals surface area (Å²) < 4.78 is 50.2. The summed E-state index contributed by atoms with van der Waals surface area (Å²) in [7, 11) is -2.87. The largest absolute Gasteiger partial charge is 0.426 e. The van der Waals surface area contributed by atoms with Crippen molar-refractivity contribution in [3.8, 4) is 5.75 Å². The van der Waals surface area contributed by atoms with E-state index in [2.05, 4.69) is 57.8 Å². The van der Waals surface area contributed by atoms with Crippen LogP contribution in [0.4, 0.5) is 4.39 Å². The van der Waals surface area contributed by atoms with Crippen LogP contribution in [0.1, 0.15) is 105 Å². The number of halogens is 1. The normalized spacial score (nSPS) is 45.4. The molecule has 0 bridgehead atoms. The van der Waals surface area contributed by atoms with E-state index in [4.69, 9.17) is 9.47 Å². The maximum absolute atomic E-state index is 15.0. The summed E-state index contributed by atoms with van der Waals surface area (Å²) in [6.45, 7) is 19.4. The molecule has 51 heavy (non-hydrogen) atoms. The molecule has 7 aliphatic rings. The number of rotatable bonds is 8. The van der Waals surface area contributed by atoms with E-state index in [1.54, 1.807) is 12.1 Å². The fraction of sp³-hybridized carbons (Fsp3) is 0.786. The molecule has 2 saturated heterocycles. The molecule has 0 amide bonds. The third-order valence-corrected chi connectivity index (χ3v) is 18.8. The van der Waals surface area contributed by atoms with Crippen LogP contribution in [0.25, 0.3) is 5.57 Å². The lowest BCUT2D eigenvalue weighted by molar-refractivity contribution is -0.221. The van der Waals surface area contributed by atoms with Crippen molar-refractivity contribution in [3.05, 3.63) is 35.7 Å². The molecule has 2 aliphatic heterocycles. The molecule has 10 atom stereocenters. The summed E-state index contributed by atoms with van der Waals surface area (Å²) in [5, 5.41) is 4.22. The van der Waals surface area contributed by atoms with E-state index < -0.39 is 15.7 Å². The Bertz CT molecular complexity index is 1690. The van der Waals surface area contributed by atoms with Crippen LogP contribution in [0.15, 0.2) is 24.3 Å². The van der Waals surface area contributed by atoms with Crippen molar-refractivity contribution >= 4 is 21.9 Å². The summed E-state index contributed by atoms with van der Waals surface area (Å²) >= 11 is 0. The Morgan fingerprint density at radius 1 is 0.941 bits per heavy atom. The lowest BCUT2D eigenvalue weighted by Gasteiger charge is -2.72. The Morgan fingerprint density at radius 3 is 2.37 bits per heavy atom. The predicted molar refractivity (Wildman–Crippen MR) is 198 cm³/mol. The summed E-state index contributed by atoms with van der Waals surface area (Å²) in [6, 6.07) is 5.06. The molecule has 1 unspecified atom stereocenters. The number of benzene rings is 1. The minimum absolute atomic E-state index is 0.000595. The fourth-order valence-corrected chi connectivity index (χ4v) is 15.5. The molecule has 0 radical (unpaired) electrons. The van der Waals surface area contributed by atoms with Crippen LogP contribution in [-0.4, -0.2) is 75.2 Å². The Labute approximate surface area is 305 Å². The van der Waals surface area contributed by atoms with Crippen LogP contribution in [0, 0.1) is 57.1 Å². The maximum atomic E-state index is 15.0. The molecule has 1 aromatic rings. The van der Waals surface area contributed by atoms with Crippen LogP contribution in [0.5, 0.6) is 5.75 Å². The highest BCUT2D eigenvalue weighted by Gasteiger charge is 2.72. The van der Waals surface area contributed by atoms with Crippen LogP contribution in [-0.2, 0) is 19.4 Å². The van der Waals surface area contributed by atoms with Gasteiger partial charge in [-0.05, 0) is 139 Å². The minimum atomic E-state index is -2.87. The molecule has 0 spiro atoms. The molecule has 7 nitrogen and oxygen atoms in total.